The van der Waals surface area contributed by atoms with Gasteiger partial charge in [0.2, 0.25) is 0 Å². The smallest absolute Gasteiger partial charge is 0.338 e. The molecule has 1 aromatic heterocycles. The molecule has 0 fully saturated rings. The van der Waals surface area contributed by atoms with Crippen molar-refractivity contribution in [2.24, 2.45) is 0 Å². The molecular weight excluding hydrogens is 316 g/mol. The first-order valence-corrected chi connectivity index (χ1v) is 7.37. The highest BCUT2D eigenvalue weighted by Gasteiger charge is 2.11. The molecule has 0 amide bonds. The van der Waals surface area contributed by atoms with Gasteiger partial charge in [0.05, 0.1) is 5.56 Å². The molecule has 0 N–H and O–H groups in total. The molecule has 2 aromatic carbocycles. The second-order valence-corrected chi connectivity index (χ2v) is 5.61. The summed E-state index contributed by atoms with van der Waals surface area (Å²) in [4.78, 5) is 23.7. The lowest BCUT2D eigenvalue weighted by Crippen LogP contribution is -2.08. The maximum Gasteiger partial charge on any atom is 0.338 e. The number of carbonyl (C=O) groups is 1. The molecule has 0 saturated heterocycles. The van der Waals surface area contributed by atoms with E-state index in [9.17, 15) is 9.59 Å². The SMILES string of the molecule is Cc1ccc2c(COC(=O)c3ccc(Cl)cc3)cc(=O)oc2c1. The number of hydrogen-bond donors (Lipinski definition) is 0. The van der Waals surface area contributed by atoms with Crippen LogP contribution in [0.4, 0.5) is 0 Å². The number of fused-ring (bicyclic) bond motifs is 1. The van der Waals surface area contributed by atoms with E-state index in [1.807, 2.05) is 19.1 Å². The number of halogens is 1. The molecule has 116 valence electrons. The summed E-state index contributed by atoms with van der Waals surface area (Å²) in [6.07, 6.45) is 0. The van der Waals surface area contributed by atoms with Gasteiger partial charge < -0.3 is 9.15 Å². The van der Waals surface area contributed by atoms with Crippen LogP contribution in [0.15, 0.2) is 57.7 Å². The van der Waals surface area contributed by atoms with Crippen LogP contribution in [0.2, 0.25) is 5.02 Å². The van der Waals surface area contributed by atoms with E-state index in [0.29, 0.717) is 21.7 Å². The van der Waals surface area contributed by atoms with Crippen molar-refractivity contribution in [3.8, 4) is 0 Å². The molecule has 5 heteroatoms. The Balaban J connectivity index is 1.85. The maximum absolute atomic E-state index is 12.0. The van der Waals surface area contributed by atoms with Crippen molar-refractivity contribution in [2.75, 3.05) is 0 Å². The lowest BCUT2D eigenvalue weighted by atomic mass is 10.1. The van der Waals surface area contributed by atoms with E-state index in [1.165, 1.54) is 6.07 Å². The fraction of sp³-hybridized carbons (Fsp3) is 0.111. The molecule has 0 bridgehead atoms. The van der Waals surface area contributed by atoms with Crippen molar-refractivity contribution < 1.29 is 13.9 Å². The highest BCUT2D eigenvalue weighted by atomic mass is 35.5. The van der Waals surface area contributed by atoms with Crippen molar-refractivity contribution in [1.29, 1.82) is 0 Å². The Labute approximate surface area is 137 Å². The highest BCUT2D eigenvalue weighted by Crippen LogP contribution is 2.20. The summed E-state index contributed by atoms with van der Waals surface area (Å²) in [7, 11) is 0. The fourth-order valence-electron chi connectivity index (χ4n) is 2.27. The van der Waals surface area contributed by atoms with Crippen molar-refractivity contribution >= 4 is 28.5 Å². The first kappa shape index (κ1) is 15.3. The molecule has 0 aliphatic heterocycles. The Morgan fingerprint density at radius 1 is 1.13 bits per heavy atom. The van der Waals surface area contributed by atoms with E-state index in [4.69, 9.17) is 20.8 Å². The Hall–Kier alpha value is -2.59. The zero-order valence-corrected chi connectivity index (χ0v) is 13.1. The predicted molar refractivity (Wildman–Crippen MR) is 87.8 cm³/mol. The molecule has 0 aliphatic rings. The fourth-order valence-corrected chi connectivity index (χ4v) is 2.40. The summed E-state index contributed by atoms with van der Waals surface area (Å²) in [6, 6.07) is 13.3. The number of benzene rings is 2. The quantitative estimate of drug-likeness (QED) is 0.536. The highest BCUT2D eigenvalue weighted by molar-refractivity contribution is 6.30. The molecule has 0 radical (unpaired) electrons. The summed E-state index contributed by atoms with van der Waals surface area (Å²) in [5, 5.41) is 1.29. The monoisotopic (exact) mass is 328 g/mol. The second-order valence-electron chi connectivity index (χ2n) is 5.17. The van der Waals surface area contributed by atoms with E-state index in [-0.39, 0.29) is 6.61 Å². The largest absolute Gasteiger partial charge is 0.457 e. The van der Waals surface area contributed by atoms with Crippen LogP contribution in [0.3, 0.4) is 0 Å². The maximum atomic E-state index is 12.0. The van der Waals surface area contributed by atoms with Gasteiger partial charge in [0.25, 0.3) is 0 Å². The van der Waals surface area contributed by atoms with Gasteiger partial charge in [-0.3, -0.25) is 0 Å². The van der Waals surface area contributed by atoms with Crippen LogP contribution in [0, 0.1) is 6.92 Å². The molecule has 0 aliphatic carbocycles. The first-order valence-electron chi connectivity index (χ1n) is 6.99. The summed E-state index contributed by atoms with van der Waals surface area (Å²) in [5.74, 6) is -0.477. The average molecular weight is 329 g/mol. The average Bonchev–Trinajstić information content (AvgIpc) is 2.52. The number of rotatable bonds is 3. The van der Waals surface area contributed by atoms with Crippen LogP contribution < -0.4 is 5.63 Å². The van der Waals surface area contributed by atoms with Crippen LogP contribution in [-0.2, 0) is 11.3 Å². The van der Waals surface area contributed by atoms with Crippen LogP contribution in [0.1, 0.15) is 21.5 Å². The van der Waals surface area contributed by atoms with Gasteiger partial charge in [-0.2, -0.15) is 0 Å². The molecule has 3 aromatic rings. The van der Waals surface area contributed by atoms with Crippen molar-refractivity contribution in [3.63, 3.8) is 0 Å². The number of ether oxygens (including phenoxy) is 1. The molecule has 0 unspecified atom stereocenters. The van der Waals surface area contributed by atoms with Crippen molar-refractivity contribution in [1.82, 2.24) is 0 Å². The Morgan fingerprint density at radius 3 is 2.61 bits per heavy atom. The summed E-state index contributed by atoms with van der Waals surface area (Å²) < 4.78 is 10.5. The zero-order chi connectivity index (χ0) is 16.4. The Morgan fingerprint density at radius 2 is 1.87 bits per heavy atom. The number of aryl methyl sites for hydroxylation is 1. The number of hydrogen-bond acceptors (Lipinski definition) is 4. The molecule has 1 heterocycles. The molecule has 0 saturated carbocycles. The summed E-state index contributed by atoms with van der Waals surface area (Å²) in [6.45, 7) is 1.90. The molecule has 3 rings (SSSR count). The van der Waals surface area contributed by atoms with Gasteiger partial charge in [-0.25, -0.2) is 9.59 Å². The Kier molecular flexibility index (Phi) is 4.17. The third-order valence-corrected chi connectivity index (χ3v) is 3.68. The minimum absolute atomic E-state index is 0.00732. The van der Waals surface area contributed by atoms with Gasteiger partial charge >= 0.3 is 11.6 Å². The lowest BCUT2D eigenvalue weighted by molar-refractivity contribution is 0.0474. The number of esters is 1. The number of carbonyl (C=O) groups excluding carboxylic acids is 1. The summed E-state index contributed by atoms with van der Waals surface area (Å²) >= 11 is 5.79. The molecule has 0 atom stereocenters. The molecule has 23 heavy (non-hydrogen) atoms. The minimum atomic E-state index is -0.477. The summed E-state index contributed by atoms with van der Waals surface area (Å²) in [5.41, 5.74) is 2.00. The predicted octanol–water partition coefficient (Wildman–Crippen LogP) is 4.11. The van der Waals surface area contributed by atoms with E-state index in [1.54, 1.807) is 30.3 Å². The Bertz CT molecular complexity index is 926. The van der Waals surface area contributed by atoms with Crippen molar-refractivity contribution in [3.05, 3.63) is 80.7 Å². The second kappa shape index (κ2) is 6.26. The first-order chi connectivity index (χ1) is 11.0. The molecule has 0 spiro atoms. The van der Waals surface area contributed by atoms with Crippen LogP contribution in [-0.4, -0.2) is 5.97 Å². The standard InChI is InChI=1S/C18H13ClO4/c1-11-2-7-15-13(9-17(20)23-16(15)8-11)10-22-18(21)12-3-5-14(19)6-4-12/h2-9H,10H2,1H3. The van der Waals surface area contributed by atoms with Crippen molar-refractivity contribution in [2.45, 2.75) is 13.5 Å². The van der Waals surface area contributed by atoms with E-state index in [0.717, 1.165) is 10.9 Å². The third-order valence-electron chi connectivity index (χ3n) is 3.42. The normalized spacial score (nSPS) is 10.7. The van der Waals surface area contributed by atoms with Gasteiger partial charge in [0.1, 0.15) is 12.2 Å². The minimum Gasteiger partial charge on any atom is -0.457 e. The van der Waals surface area contributed by atoms with Crippen LogP contribution in [0.25, 0.3) is 11.0 Å². The van der Waals surface area contributed by atoms with Gasteiger partial charge in [-0.15, -0.1) is 0 Å². The van der Waals surface area contributed by atoms with Crippen LogP contribution >= 0.6 is 11.6 Å². The third kappa shape index (κ3) is 3.43. The topological polar surface area (TPSA) is 56.5 Å². The van der Waals surface area contributed by atoms with E-state index in [2.05, 4.69) is 0 Å². The molecule has 4 nitrogen and oxygen atoms in total. The van der Waals surface area contributed by atoms with E-state index >= 15 is 0 Å². The van der Waals surface area contributed by atoms with Gasteiger partial charge in [-0.1, -0.05) is 23.7 Å². The van der Waals surface area contributed by atoms with Gasteiger partial charge in [0.15, 0.2) is 0 Å². The lowest BCUT2D eigenvalue weighted by Gasteiger charge is -2.08. The van der Waals surface area contributed by atoms with Gasteiger partial charge in [0, 0.05) is 22.0 Å². The molecular formula is C18H13ClO4. The zero-order valence-electron chi connectivity index (χ0n) is 12.3. The van der Waals surface area contributed by atoms with E-state index < -0.39 is 11.6 Å². The van der Waals surface area contributed by atoms with Gasteiger partial charge in [-0.05, 0) is 42.8 Å². The van der Waals surface area contributed by atoms with Crippen LogP contribution in [0.5, 0.6) is 0 Å².